The first kappa shape index (κ1) is 12.6. The van der Waals surface area contributed by atoms with Crippen molar-refractivity contribution in [1.29, 1.82) is 0 Å². The Balaban J connectivity index is 2.19. The minimum atomic E-state index is 0.368. The maximum absolute atomic E-state index is 6.22. The summed E-state index contributed by atoms with van der Waals surface area (Å²) >= 11 is 7.86. The summed E-state index contributed by atoms with van der Waals surface area (Å²) in [5.74, 6) is 0.368. The Morgan fingerprint density at radius 1 is 1.21 bits per heavy atom. The zero-order valence-electron chi connectivity index (χ0n) is 10.7. The average Bonchev–Trinajstić information content (AvgIpc) is 2.91. The average molecular weight is 289 g/mol. The molecule has 3 aromatic rings. The lowest BCUT2D eigenvalue weighted by atomic mass is 10.0. The molecule has 0 aliphatic rings. The number of aromatic nitrogens is 2. The second-order valence-corrected chi connectivity index (χ2v) is 6.02. The third-order valence-corrected chi connectivity index (χ3v) is 4.22. The number of pyridine rings is 1. The predicted octanol–water partition coefficient (Wildman–Crippen LogP) is 5.14. The number of thiazole rings is 1. The quantitative estimate of drug-likeness (QED) is 0.611. The summed E-state index contributed by atoms with van der Waals surface area (Å²) in [7, 11) is 0. The summed E-state index contributed by atoms with van der Waals surface area (Å²) in [4.78, 5) is 8.81. The van der Waals surface area contributed by atoms with Crippen LogP contribution >= 0.6 is 22.9 Å². The van der Waals surface area contributed by atoms with Crippen molar-refractivity contribution in [2.24, 2.45) is 0 Å². The van der Waals surface area contributed by atoms with Crippen molar-refractivity contribution in [3.8, 4) is 10.6 Å². The van der Waals surface area contributed by atoms with Crippen molar-refractivity contribution < 1.29 is 0 Å². The van der Waals surface area contributed by atoms with E-state index in [4.69, 9.17) is 11.6 Å². The highest BCUT2D eigenvalue weighted by Gasteiger charge is 2.09. The molecule has 1 aromatic carbocycles. The smallest absolute Gasteiger partial charge is 0.133 e. The maximum Gasteiger partial charge on any atom is 0.133 e. The van der Waals surface area contributed by atoms with Gasteiger partial charge in [0, 0.05) is 22.5 Å². The molecule has 0 spiro atoms. The molecular weight excluding hydrogens is 276 g/mol. The zero-order chi connectivity index (χ0) is 13.4. The van der Waals surface area contributed by atoms with E-state index in [0.29, 0.717) is 11.1 Å². The van der Waals surface area contributed by atoms with E-state index in [0.717, 1.165) is 27.0 Å². The molecule has 0 N–H and O–H groups in total. The van der Waals surface area contributed by atoms with E-state index in [2.05, 4.69) is 35.9 Å². The molecule has 2 aromatic heterocycles. The van der Waals surface area contributed by atoms with Crippen LogP contribution in [0.1, 0.15) is 25.3 Å². The summed E-state index contributed by atoms with van der Waals surface area (Å²) in [5.41, 5.74) is 3.14. The van der Waals surface area contributed by atoms with Crippen molar-refractivity contribution in [3.63, 3.8) is 0 Å². The molecule has 0 unspecified atom stereocenters. The lowest BCUT2D eigenvalue weighted by Gasteiger charge is -2.09. The molecule has 0 atom stereocenters. The first-order valence-corrected chi connectivity index (χ1v) is 7.41. The number of benzene rings is 1. The number of halogens is 1. The fourth-order valence-corrected chi connectivity index (χ4v) is 3.07. The third kappa shape index (κ3) is 2.36. The Hall–Kier alpha value is -1.45. The number of fused-ring (bicyclic) bond motifs is 1. The lowest BCUT2D eigenvalue weighted by Crippen LogP contribution is -1.92. The minimum absolute atomic E-state index is 0.368. The van der Waals surface area contributed by atoms with Crippen molar-refractivity contribution >= 4 is 33.8 Å². The highest BCUT2D eigenvalue weighted by atomic mass is 35.5. The van der Waals surface area contributed by atoms with Gasteiger partial charge in [-0.1, -0.05) is 25.4 Å². The molecule has 19 heavy (non-hydrogen) atoms. The van der Waals surface area contributed by atoms with Crippen LogP contribution < -0.4 is 0 Å². The molecule has 96 valence electrons. The first-order valence-electron chi connectivity index (χ1n) is 6.15. The Morgan fingerprint density at radius 3 is 2.74 bits per heavy atom. The number of hydrogen-bond donors (Lipinski definition) is 0. The van der Waals surface area contributed by atoms with E-state index < -0.39 is 0 Å². The molecule has 4 heteroatoms. The minimum Gasteiger partial charge on any atom is -0.245 e. The highest BCUT2D eigenvalue weighted by Crippen LogP contribution is 2.30. The van der Waals surface area contributed by atoms with Crippen molar-refractivity contribution in [2.45, 2.75) is 19.8 Å². The predicted molar refractivity (Wildman–Crippen MR) is 82.0 cm³/mol. The van der Waals surface area contributed by atoms with Crippen LogP contribution in [0.5, 0.6) is 0 Å². The van der Waals surface area contributed by atoms with Gasteiger partial charge < -0.3 is 0 Å². The van der Waals surface area contributed by atoms with Gasteiger partial charge >= 0.3 is 0 Å². The van der Waals surface area contributed by atoms with Crippen LogP contribution in [0.2, 0.25) is 5.15 Å². The SMILES string of the molecule is CC(C)c1cc2cc(-c3nccs3)ccc2nc1Cl. The Kier molecular flexibility index (Phi) is 3.25. The molecule has 0 radical (unpaired) electrons. The van der Waals surface area contributed by atoms with E-state index in [9.17, 15) is 0 Å². The van der Waals surface area contributed by atoms with E-state index in [-0.39, 0.29) is 0 Å². The molecule has 0 aliphatic carbocycles. The van der Waals surface area contributed by atoms with Crippen LogP contribution in [-0.4, -0.2) is 9.97 Å². The normalized spacial score (nSPS) is 11.4. The molecule has 0 saturated heterocycles. The summed E-state index contributed by atoms with van der Waals surface area (Å²) in [5, 5.41) is 4.73. The third-order valence-electron chi connectivity index (χ3n) is 3.10. The van der Waals surface area contributed by atoms with Gasteiger partial charge in [-0.15, -0.1) is 11.3 Å². The molecule has 2 heterocycles. The van der Waals surface area contributed by atoms with Crippen LogP contribution in [-0.2, 0) is 0 Å². The molecule has 0 bridgehead atoms. The van der Waals surface area contributed by atoms with Crippen LogP contribution in [0.15, 0.2) is 35.8 Å². The summed E-state index contributed by atoms with van der Waals surface area (Å²) in [6.07, 6.45) is 1.82. The van der Waals surface area contributed by atoms with Crippen LogP contribution in [0.3, 0.4) is 0 Å². The number of rotatable bonds is 2. The van der Waals surface area contributed by atoms with Gasteiger partial charge in [0.05, 0.1) is 5.52 Å². The second kappa shape index (κ2) is 4.91. The van der Waals surface area contributed by atoms with Gasteiger partial charge in [0.1, 0.15) is 10.2 Å². The molecule has 0 amide bonds. The van der Waals surface area contributed by atoms with E-state index in [1.165, 1.54) is 0 Å². The monoisotopic (exact) mass is 288 g/mol. The molecule has 0 fully saturated rings. The van der Waals surface area contributed by atoms with E-state index in [1.807, 2.05) is 23.7 Å². The Labute approximate surface area is 121 Å². The first-order chi connectivity index (χ1) is 9.15. The van der Waals surface area contributed by atoms with Gasteiger partial charge in [0.25, 0.3) is 0 Å². The highest BCUT2D eigenvalue weighted by molar-refractivity contribution is 7.13. The molecule has 3 rings (SSSR count). The van der Waals surface area contributed by atoms with E-state index in [1.54, 1.807) is 11.3 Å². The fraction of sp³-hybridized carbons (Fsp3) is 0.200. The van der Waals surface area contributed by atoms with Gasteiger partial charge in [0.2, 0.25) is 0 Å². The van der Waals surface area contributed by atoms with Gasteiger partial charge in [-0.05, 0) is 35.7 Å². The van der Waals surface area contributed by atoms with Crippen LogP contribution in [0, 0.1) is 0 Å². The van der Waals surface area contributed by atoms with Gasteiger partial charge in [-0.25, -0.2) is 9.97 Å². The largest absolute Gasteiger partial charge is 0.245 e. The summed E-state index contributed by atoms with van der Waals surface area (Å²) in [6.45, 7) is 4.25. The number of hydrogen-bond acceptors (Lipinski definition) is 3. The van der Waals surface area contributed by atoms with Crippen molar-refractivity contribution in [3.05, 3.63) is 46.6 Å². The fourth-order valence-electron chi connectivity index (χ4n) is 2.07. The van der Waals surface area contributed by atoms with Crippen molar-refractivity contribution in [2.75, 3.05) is 0 Å². The Bertz CT molecular complexity index is 720. The second-order valence-electron chi connectivity index (χ2n) is 4.77. The van der Waals surface area contributed by atoms with Crippen LogP contribution in [0.25, 0.3) is 21.5 Å². The zero-order valence-corrected chi connectivity index (χ0v) is 12.3. The topological polar surface area (TPSA) is 25.8 Å². The van der Waals surface area contributed by atoms with E-state index >= 15 is 0 Å². The Morgan fingerprint density at radius 2 is 2.05 bits per heavy atom. The summed E-state index contributed by atoms with van der Waals surface area (Å²) in [6, 6.07) is 8.30. The maximum atomic E-state index is 6.22. The van der Waals surface area contributed by atoms with Crippen molar-refractivity contribution in [1.82, 2.24) is 9.97 Å². The number of nitrogens with zero attached hydrogens (tertiary/aromatic N) is 2. The molecule has 2 nitrogen and oxygen atoms in total. The van der Waals surface area contributed by atoms with Gasteiger partial charge in [-0.2, -0.15) is 0 Å². The molecule has 0 saturated carbocycles. The summed E-state index contributed by atoms with van der Waals surface area (Å²) < 4.78 is 0. The lowest BCUT2D eigenvalue weighted by molar-refractivity contribution is 0.862. The van der Waals surface area contributed by atoms with Gasteiger partial charge in [0.15, 0.2) is 0 Å². The van der Waals surface area contributed by atoms with Crippen LogP contribution in [0.4, 0.5) is 0 Å². The molecule has 0 aliphatic heterocycles. The van der Waals surface area contributed by atoms with Gasteiger partial charge in [-0.3, -0.25) is 0 Å². The molecular formula is C15H13ClN2S. The standard InChI is InChI=1S/C15H13ClN2S/c1-9(2)12-8-11-7-10(15-17-5-6-19-15)3-4-13(11)18-14(12)16/h3-9H,1-2H3.